The van der Waals surface area contributed by atoms with Crippen LogP contribution in [-0.2, 0) is 26.9 Å². The van der Waals surface area contributed by atoms with Crippen molar-refractivity contribution < 1.29 is 37.3 Å². The number of likely N-dealkylation sites (N-methyl/N-ethyl adjacent to an activating group) is 1. The Hall–Kier alpha value is -2.41. The number of aryl methyl sites for hydroxylation is 1. The van der Waals surface area contributed by atoms with Crippen molar-refractivity contribution in [3.8, 4) is 5.75 Å². The average Bonchev–Trinajstić information content (AvgIpc) is 3.28. The van der Waals surface area contributed by atoms with E-state index in [0.29, 0.717) is 31.4 Å². The Morgan fingerprint density at radius 1 is 1.28 bits per heavy atom. The maximum Gasteiger partial charge on any atom is 0.419 e. The molecule has 1 aliphatic heterocycles. The number of nitrogens with zero attached hydrogens (tertiary/aromatic N) is 1. The van der Waals surface area contributed by atoms with Gasteiger partial charge >= 0.3 is 6.18 Å². The molecule has 9 nitrogen and oxygen atoms in total. The molecule has 2 fully saturated rings. The molecule has 1 unspecified atom stereocenters. The van der Waals surface area contributed by atoms with Crippen molar-refractivity contribution in [1.82, 2.24) is 15.5 Å². The quantitative estimate of drug-likeness (QED) is 0.307. The molecule has 5 N–H and O–H groups in total. The molecule has 2 amide bonds. The van der Waals surface area contributed by atoms with Crippen LogP contribution in [-0.4, -0.2) is 79.1 Å². The first-order chi connectivity index (χ1) is 18.2. The minimum atomic E-state index is -4.55. The van der Waals surface area contributed by atoms with Crippen LogP contribution in [0.5, 0.6) is 5.75 Å². The molecule has 3 rings (SSSR count). The third-order valence-corrected chi connectivity index (χ3v) is 7.64. The Morgan fingerprint density at radius 3 is 2.49 bits per heavy atom. The molecular formula is C27H41F3N4O5. The van der Waals surface area contributed by atoms with Gasteiger partial charge in [0, 0.05) is 19.6 Å². The lowest BCUT2D eigenvalue weighted by atomic mass is 9.58. The van der Waals surface area contributed by atoms with Gasteiger partial charge in [0.1, 0.15) is 18.0 Å². The van der Waals surface area contributed by atoms with E-state index in [9.17, 15) is 27.9 Å². The smallest absolute Gasteiger partial charge is 0.419 e. The van der Waals surface area contributed by atoms with Crippen molar-refractivity contribution in [2.45, 2.75) is 89.0 Å². The highest BCUT2D eigenvalue weighted by atomic mass is 19.4. The summed E-state index contributed by atoms with van der Waals surface area (Å²) in [5, 5.41) is 16.4. The molecule has 1 aromatic carbocycles. The summed E-state index contributed by atoms with van der Waals surface area (Å²) < 4.78 is 50.1. The lowest BCUT2D eigenvalue weighted by Gasteiger charge is -2.55. The van der Waals surface area contributed by atoms with Crippen molar-refractivity contribution in [3.63, 3.8) is 0 Å². The Bertz CT molecular complexity index is 1030. The number of aliphatic hydroxyl groups excluding tert-OH is 1. The number of alkyl halides is 3. The number of ether oxygens (including phenoxy) is 2. The van der Waals surface area contributed by atoms with E-state index in [4.69, 9.17) is 15.2 Å². The van der Waals surface area contributed by atoms with Crippen molar-refractivity contribution >= 4 is 11.8 Å². The standard InChI is InChI=1S/C27H41F3N4O5/c1-6-39-17-12-20(22(35)33-26(24(37)32-4)14-25(2,3)15-26)34(13-17)23(36)19(31)10-8-16-7-9-18(27(28,29)30)21(11-16)38-5/h7,9,11,17,19-20,24,32,37H,6,8,10,12-15,31H2,1-5H3,(H,33,35)/t17-,19+,20+,24?/m1/s1. The molecular weight excluding hydrogens is 517 g/mol. The summed E-state index contributed by atoms with van der Waals surface area (Å²) >= 11 is 0. The first kappa shape index (κ1) is 31.1. The first-order valence-corrected chi connectivity index (χ1v) is 13.3. The number of rotatable bonds is 11. The van der Waals surface area contributed by atoms with Crippen LogP contribution < -0.4 is 21.1 Å². The zero-order valence-electron chi connectivity index (χ0n) is 23.2. The van der Waals surface area contributed by atoms with Crippen LogP contribution in [0.1, 0.15) is 57.6 Å². The van der Waals surface area contributed by atoms with Gasteiger partial charge in [0.15, 0.2) is 0 Å². The molecule has 0 spiro atoms. The number of hydrogen-bond acceptors (Lipinski definition) is 7. The average molecular weight is 559 g/mol. The van der Waals surface area contributed by atoms with Gasteiger partial charge in [-0.2, -0.15) is 13.2 Å². The van der Waals surface area contributed by atoms with E-state index >= 15 is 0 Å². The third kappa shape index (κ3) is 7.03. The third-order valence-electron chi connectivity index (χ3n) is 7.64. The van der Waals surface area contributed by atoms with Crippen molar-refractivity contribution in [2.75, 3.05) is 27.3 Å². The monoisotopic (exact) mass is 558 g/mol. The summed E-state index contributed by atoms with van der Waals surface area (Å²) in [6.07, 6.45) is -4.01. The molecule has 2 aliphatic rings. The predicted molar refractivity (Wildman–Crippen MR) is 139 cm³/mol. The van der Waals surface area contributed by atoms with Crippen LogP contribution in [0.25, 0.3) is 0 Å². The van der Waals surface area contributed by atoms with Gasteiger partial charge in [0.05, 0.1) is 30.4 Å². The van der Waals surface area contributed by atoms with E-state index in [2.05, 4.69) is 24.5 Å². The van der Waals surface area contributed by atoms with E-state index in [1.54, 1.807) is 7.05 Å². The molecule has 1 saturated carbocycles. The molecule has 1 heterocycles. The summed E-state index contributed by atoms with van der Waals surface area (Å²) in [6.45, 7) is 6.56. The maximum atomic E-state index is 13.5. The second-order valence-electron chi connectivity index (χ2n) is 11.4. The number of hydrogen-bond donors (Lipinski definition) is 4. The highest BCUT2D eigenvalue weighted by Gasteiger charge is 2.55. The van der Waals surface area contributed by atoms with Gasteiger partial charge in [-0.15, -0.1) is 0 Å². The highest BCUT2D eigenvalue weighted by Crippen LogP contribution is 2.49. The van der Waals surface area contributed by atoms with Gasteiger partial charge < -0.3 is 30.5 Å². The first-order valence-electron chi connectivity index (χ1n) is 13.3. The lowest BCUT2D eigenvalue weighted by Crippen LogP contribution is -2.71. The Labute approximate surface area is 227 Å². The van der Waals surface area contributed by atoms with Gasteiger partial charge in [-0.25, -0.2) is 0 Å². The van der Waals surface area contributed by atoms with Crippen LogP contribution in [0, 0.1) is 5.41 Å². The van der Waals surface area contributed by atoms with E-state index in [-0.39, 0.29) is 42.6 Å². The largest absolute Gasteiger partial charge is 0.496 e. The number of nitrogens with two attached hydrogens (primary N) is 1. The summed E-state index contributed by atoms with van der Waals surface area (Å²) in [6, 6.07) is 1.78. The van der Waals surface area contributed by atoms with Gasteiger partial charge in [0.25, 0.3) is 0 Å². The van der Waals surface area contributed by atoms with Crippen LogP contribution in [0.15, 0.2) is 18.2 Å². The zero-order chi connectivity index (χ0) is 29.2. The number of likely N-dealkylation sites (tertiary alicyclic amines) is 1. The molecule has 39 heavy (non-hydrogen) atoms. The molecule has 12 heteroatoms. The van der Waals surface area contributed by atoms with E-state index in [1.165, 1.54) is 24.1 Å². The molecule has 0 aromatic heterocycles. The van der Waals surface area contributed by atoms with Gasteiger partial charge in [-0.05, 0) is 62.8 Å². The van der Waals surface area contributed by atoms with E-state index in [0.717, 1.165) is 6.07 Å². The Morgan fingerprint density at radius 2 is 1.95 bits per heavy atom. The predicted octanol–water partition coefficient (Wildman–Crippen LogP) is 2.19. The zero-order valence-corrected chi connectivity index (χ0v) is 23.2. The molecule has 0 radical (unpaired) electrons. The SMILES string of the molecule is CCO[C@@H]1C[C@@H](C(=O)NC2(C(O)NC)CC(C)(C)C2)N(C(=O)[C@@H](N)CCc2ccc(C(F)(F)F)c(OC)c2)C1. The van der Waals surface area contributed by atoms with Crippen LogP contribution >= 0.6 is 0 Å². The van der Waals surface area contributed by atoms with Gasteiger partial charge in [0.2, 0.25) is 11.8 Å². The van der Waals surface area contributed by atoms with Gasteiger partial charge in [-0.3, -0.25) is 14.9 Å². The number of methoxy groups -OCH3 is 1. The van der Waals surface area contributed by atoms with E-state index in [1.807, 2.05) is 6.92 Å². The minimum absolute atomic E-state index is 0.0481. The van der Waals surface area contributed by atoms with Crippen LogP contribution in [0.3, 0.4) is 0 Å². The summed E-state index contributed by atoms with van der Waals surface area (Å²) in [7, 11) is 2.78. The lowest BCUT2D eigenvalue weighted by molar-refractivity contribution is -0.145. The summed E-state index contributed by atoms with van der Waals surface area (Å²) in [5.41, 5.74) is 5.01. The number of carbonyl (C=O) groups is 2. The fourth-order valence-electron chi connectivity index (χ4n) is 6.04. The number of carbonyl (C=O) groups excluding carboxylic acids is 2. The van der Waals surface area contributed by atoms with Crippen molar-refractivity contribution in [1.29, 1.82) is 0 Å². The van der Waals surface area contributed by atoms with Crippen LogP contribution in [0.2, 0.25) is 0 Å². The molecule has 1 aromatic rings. The second-order valence-corrected chi connectivity index (χ2v) is 11.4. The number of amides is 2. The van der Waals surface area contributed by atoms with Crippen molar-refractivity contribution in [2.24, 2.45) is 11.1 Å². The van der Waals surface area contributed by atoms with Gasteiger partial charge in [-0.1, -0.05) is 19.9 Å². The Kier molecular flexibility index (Phi) is 9.57. The fourth-order valence-corrected chi connectivity index (χ4v) is 6.04. The fraction of sp³-hybridized carbons (Fsp3) is 0.704. The van der Waals surface area contributed by atoms with Crippen LogP contribution in [0.4, 0.5) is 13.2 Å². The number of halogens is 3. The molecule has 0 bridgehead atoms. The Balaban J connectivity index is 1.71. The maximum absolute atomic E-state index is 13.5. The number of benzene rings is 1. The highest BCUT2D eigenvalue weighted by molar-refractivity contribution is 5.91. The summed E-state index contributed by atoms with van der Waals surface area (Å²) in [4.78, 5) is 28.3. The molecule has 220 valence electrons. The van der Waals surface area contributed by atoms with Crippen molar-refractivity contribution in [3.05, 3.63) is 29.3 Å². The number of nitrogens with one attached hydrogen (secondary N) is 2. The summed E-state index contributed by atoms with van der Waals surface area (Å²) in [5.74, 6) is -1.11. The second kappa shape index (κ2) is 12.0. The molecule has 1 aliphatic carbocycles. The normalized spacial score (nSPS) is 23.6. The molecule has 1 saturated heterocycles. The number of aliphatic hydroxyl groups is 1. The topological polar surface area (TPSA) is 126 Å². The molecule has 4 atom stereocenters. The van der Waals surface area contributed by atoms with E-state index < -0.39 is 41.5 Å². The minimum Gasteiger partial charge on any atom is -0.496 e.